The Kier molecular flexibility index (Phi) is 6.70. The van der Waals surface area contributed by atoms with Gasteiger partial charge >= 0.3 is 11.7 Å². The standard InChI is InChI=1S/C21H22N4O7S/c1-12-16-9-8-15(31-21(28)25(3)4)11-17(16)32-20(27)18(12)19(26)23-13-6-5-7-14(10-13)24-33(29,30)22-2/h5-11,22,24H,1-4H3,(H,23,26). The molecule has 0 saturated heterocycles. The van der Waals surface area contributed by atoms with Crippen LogP contribution >= 0.6 is 0 Å². The van der Waals surface area contributed by atoms with Crippen LogP contribution in [0.4, 0.5) is 16.2 Å². The first-order valence-electron chi connectivity index (χ1n) is 9.60. The lowest BCUT2D eigenvalue weighted by atomic mass is 10.1. The number of carbonyl (C=O) groups excluding carboxylic acids is 2. The molecular weight excluding hydrogens is 452 g/mol. The molecule has 0 aliphatic heterocycles. The third kappa shape index (κ3) is 5.48. The van der Waals surface area contributed by atoms with Gasteiger partial charge in [-0.1, -0.05) is 6.07 Å². The van der Waals surface area contributed by atoms with Gasteiger partial charge in [-0.15, -0.1) is 0 Å². The fraction of sp³-hybridized carbons (Fsp3) is 0.190. The molecule has 3 N–H and O–H groups in total. The zero-order chi connectivity index (χ0) is 24.3. The average molecular weight is 474 g/mol. The summed E-state index contributed by atoms with van der Waals surface area (Å²) >= 11 is 0. The molecule has 12 heteroatoms. The molecule has 33 heavy (non-hydrogen) atoms. The minimum Gasteiger partial charge on any atom is -0.422 e. The number of anilines is 2. The highest BCUT2D eigenvalue weighted by molar-refractivity contribution is 7.90. The Morgan fingerprint density at radius 2 is 1.76 bits per heavy atom. The van der Waals surface area contributed by atoms with E-state index in [1.54, 1.807) is 19.1 Å². The lowest BCUT2D eigenvalue weighted by Crippen LogP contribution is -2.26. The van der Waals surface area contributed by atoms with E-state index in [1.807, 2.05) is 0 Å². The van der Waals surface area contributed by atoms with Crippen molar-refractivity contribution in [3.63, 3.8) is 0 Å². The normalized spacial score (nSPS) is 11.2. The van der Waals surface area contributed by atoms with Gasteiger partial charge < -0.3 is 19.4 Å². The summed E-state index contributed by atoms with van der Waals surface area (Å²) in [5.74, 6) is -0.540. The van der Waals surface area contributed by atoms with Gasteiger partial charge in [0.05, 0.1) is 5.69 Å². The molecule has 0 spiro atoms. The number of rotatable bonds is 6. The second kappa shape index (κ2) is 9.30. The topological polar surface area (TPSA) is 147 Å². The van der Waals surface area contributed by atoms with Gasteiger partial charge in [-0.2, -0.15) is 8.42 Å². The SMILES string of the molecule is CNS(=O)(=O)Nc1cccc(NC(=O)c2c(C)c3ccc(OC(=O)N(C)C)cc3oc2=O)c1. The number of carbonyl (C=O) groups is 2. The van der Waals surface area contributed by atoms with Gasteiger partial charge in [0.1, 0.15) is 16.9 Å². The van der Waals surface area contributed by atoms with Crippen molar-refractivity contribution in [3.8, 4) is 5.75 Å². The zero-order valence-electron chi connectivity index (χ0n) is 18.3. The van der Waals surface area contributed by atoms with Crippen molar-refractivity contribution in [2.45, 2.75) is 6.92 Å². The summed E-state index contributed by atoms with van der Waals surface area (Å²) < 4.78 is 38.2. The van der Waals surface area contributed by atoms with Crippen LogP contribution in [0, 0.1) is 6.92 Å². The first-order valence-corrected chi connectivity index (χ1v) is 11.1. The highest BCUT2D eigenvalue weighted by Crippen LogP contribution is 2.25. The van der Waals surface area contributed by atoms with E-state index >= 15 is 0 Å². The second-order valence-electron chi connectivity index (χ2n) is 7.15. The fourth-order valence-electron chi connectivity index (χ4n) is 2.91. The van der Waals surface area contributed by atoms with Crippen LogP contribution in [0.5, 0.6) is 5.75 Å². The van der Waals surface area contributed by atoms with E-state index in [-0.39, 0.29) is 28.3 Å². The van der Waals surface area contributed by atoms with Crippen molar-refractivity contribution < 1.29 is 27.2 Å². The first-order chi connectivity index (χ1) is 15.5. The monoisotopic (exact) mass is 474 g/mol. The van der Waals surface area contributed by atoms with E-state index in [2.05, 4.69) is 14.8 Å². The molecule has 0 bridgehead atoms. The Morgan fingerprint density at radius 3 is 2.42 bits per heavy atom. The molecule has 2 aromatic carbocycles. The molecule has 3 rings (SSSR count). The molecule has 0 saturated carbocycles. The number of hydrogen-bond donors (Lipinski definition) is 3. The summed E-state index contributed by atoms with van der Waals surface area (Å²) in [4.78, 5) is 38.4. The molecule has 11 nitrogen and oxygen atoms in total. The maximum atomic E-state index is 12.8. The maximum absolute atomic E-state index is 12.8. The van der Waals surface area contributed by atoms with Crippen LogP contribution in [-0.4, -0.2) is 46.5 Å². The fourth-order valence-corrected chi connectivity index (χ4v) is 3.45. The molecular formula is C21H22N4O7S. The summed E-state index contributed by atoms with van der Waals surface area (Å²) in [6.45, 7) is 1.59. The second-order valence-corrected chi connectivity index (χ2v) is 8.77. The molecule has 2 amide bonds. The van der Waals surface area contributed by atoms with Gasteiger partial charge in [-0.25, -0.2) is 14.3 Å². The number of hydrogen-bond acceptors (Lipinski definition) is 7. The lowest BCUT2D eigenvalue weighted by Gasteiger charge is -2.12. The molecule has 0 fully saturated rings. The molecule has 174 valence electrons. The molecule has 3 aromatic rings. The van der Waals surface area contributed by atoms with Gasteiger partial charge in [0.25, 0.3) is 16.1 Å². The molecule has 0 aliphatic carbocycles. The number of nitrogens with one attached hydrogen (secondary N) is 3. The number of nitrogens with zero attached hydrogens (tertiary/aromatic N) is 1. The number of ether oxygens (including phenoxy) is 1. The minimum atomic E-state index is -3.74. The van der Waals surface area contributed by atoms with Crippen LogP contribution in [0.25, 0.3) is 11.0 Å². The van der Waals surface area contributed by atoms with Crippen LogP contribution in [-0.2, 0) is 10.2 Å². The molecule has 0 atom stereocenters. The summed E-state index contributed by atoms with van der Waals surface area (Å²) in [7, 11) is 0.583. The number of fused-ring (bicyclic) bond motifs is 1. The van der Waals surface area contributed by atoms with Crippen molar-refractivity contribution in [1.82, 2.24) is 9.62 Å². The zero-order valence-corrected chi connectivity index (χ0v) is 19.1. The van der Waals surface area contributed by atoms with Gasteiger partial charge in [0.15, 0.2) is 0 Å². The smallest absolute Gasteiger partial charge is 0.414 e. The van der Waals surface area contributed by atoms with E-state index in [0.717, 1.165) is 0 Å². The van der Waals surface area contributed by atoms with Crippen molar-refractivity contribution in [3.05, 3.63) is 64.0 Å². The minimum absolute atomic E-state index is 0.154. The van der Waals surface area contributed by atoms with E-state index in [1.165, 1.54) is 56.4 Å². The molecule has 1 heterocycles. The number of benzene rings is 2. The van der Waals surface area contributed by atoms with Crippen molar-refractivity contribution in [1.29, 1.82) is 0 Å². The van der Waals surface area contributed by atoms with Crippen molar-refractivity contribution in [2.75, 3.05) is 31.2 Å². The van der Waals surface area contributed by atoms with Crippen LogP contribution in [0.1, 0.15) is 15.9 Å². The number of aryl methyl sites for hydroxylation is 1. The Hall–Kier alpha value is -3.90. The number of amides is 2. The molecule has 1 aromatic heterocycles. The van der Waals surface area contributed by atoms with E-state index in [9.17, 15) is 22.8 Å². The summed E-state index contributed by atoms with van der Waals surface area (Å²) in [6, 6.07) is 10.5. The average Bonchev–Trinajstić information content (AvgIpc) is 2.73. The molecule has 0 radical (unpaired) electrons. The quantitative estimate of drug-likeness (QED) is 0.464. The van der Waals surface area contributed by atoms with E-state index in [4.69, 9.17) is 9.15 Å². The summed E-state index contributed by atoms with van der Waals surface area (Å²) in [5.41, 5.74) is -0.0782. The Labute approximate surface area is 189 Å². The Bertz CT molecular complexity index is 1400. The highest BCUT2D eigenvalue weighted by Gasteiger charge is 2.20. The van der Waals surface area contributed by atoms with Crippen molar-refractivity contribution >= 4 is 44.6 Å². The van der Waals surface area contributed by atoms with Crippen LogP contribution in [0.15, 0.2) is 51.7 Å². The third-order valence-corrected chi connectivity index (χ3v) is 5.62. The molecule has 0 unspecified atom stereocenters. The predicted octanol–water partition coefficient (Wildman–Crippen LogP) is 2.29. The maximum Gasteiger partial charge on any atom is 0.414 e. The van der Waals surface area contributed by atoms with Crippen molar-refractivity contribution in [2.24, 2.45) is 0 Å². The van der Waals surface area contributed by atoms with Crippen LogP contribution < -0.4 is 25.1 Å². The molecule has 0 aliphatic rings. The van der Waals surface area contributed by atoms with Crippen LogP contribution in [0.3, 0.4) is 0 Å². The van der Waals surface area contributed by atoms with E-state index in [0.29, 0.717) is 10.9 Å². The van der Waals surface area contributed by atoms with Crippen LogP contribution in [0.2, 0.25) is 0 Å². The Morgan fingerprint density at radius 1 is 1.06 bits per heavy atom. The predicted molar refractivity (Wildman–Crippen MR) is 123 cm³/mol. The lowest BCUT2D eigenvalue weighted by molar-refractivity contribution is 0.102. The van der Waals surface area contributed by atoms with Gasteiger partial charge in [-0.05, 0) is 42.8 Å². The third-order valence-electron chi connectivity index (χ3n) is 4.58. The van der Waals surface area contributed by atoms with Gasteiger partial charge in [0.2, 0.25) is 0 Å². The Balaban J connectivity index is 1.90. The highest BCUT2D eigenvalue weighted by atomic mass is 32.2. The summed E-state index contributed by atoms with van der Waals surface area (Å²) in [5, 5.41) is 3.06. The van der Waals surface area contributed by atoms with E-state index < -0.39 is 27.8 Å². The first kappa shape index (κ1) is 23.8. The summed E-state index contributed by atoms with van der Waals surface area (Å²) in [6.07, 6.45) is -0.594. The largest absolute Gasteiger partial charge is 0.422 e. The van der Waals surface area contributed by atoms with Gasteiger partial charge in [-0.3, -0.25) is 9.52 Å². The van der Waals surface area contributed by atoms with Gasteiger partial charge in [0, 0.05) is 38.3 Å².